The van der Waals surface area contributed by atoms with Crippen LogP contribution in [0.15, 0.2) is 11.0 Å². The van der Waals surface area contributed by atoms with Crippen LogP contribution in [0.4, 0.5) is 10.2 Å². The van der Waals surface area contributed by atoms with Gasteiger partial charge in [-0.05, 0) is 33.1 Å². The van der Waals surface area contributed by atoms with E-state index in [0.29, 0.717) is 11.7 Å². The summed E-state index contributed by atoms with van der Waals surface area (Å²) >= 11 is 0. The Morgan fingerprint density at radius 1 is 1.37 bits per heavy atom. The molecule has 2 saturated heterocycles. The first-order valence-electron chi connectivity index (χ1n) is 9.38. The third-order valence-corrected chi connectivity index (χ3v) is 6.29. The van der Waals surface area contributed by atoms with Crippen molar-refractivity contribution in [2.24, 2.45) is 0 Å². The lowest BCUT2D eigenvalue weighted by molar-refractivity contribution is 0.0695. The van der Waals surface area contributed by atoms with E-state index in [9.17, 15) is 14.7 Å². The maximum atomic E-state index is 15.3. The highest BCUT2D eigenvalue weighted by Crippen LogP contribution is 2.40. The molecule has 1 aliphatic carbocycles. The van der Waals surface area contributed by atoms with Gasteiger partial charge in [0.05, 0.1) is 5.39 Å². The first-order valence-corrected chi connectivity index (χ1v) is 9.38. The highest BCUT2D eigenvalue weighted by Gasteiger charge is 2.45. The molecular weight excluding hydrogens is 351 g/mol. The van der Waals surface area contributed by atoms with Crippen molar-refractivity contribution >= 4 is 22.8 Å². The zero-order valence-electron chi connectivity index (χ0n) is 15.2. The number of fused-ring (bicyclic) bond motifs is 3. The van der Waals surface area contributed by atoms with Gasteiger partial charge in [-0.15, -0.1) is 0 Å². The third-order valence-electron chi connectivity index (χ3n) is 6.29. The average Bonchev–Trinajstić information content (AvgIpc) is 3.28. The molecule has 3 atom stereocenters. The number of rotatable bonds is 3. The zero-order valence-corrected chi connectivity index (χ0v) is 15.2. The van der Waals surface area contributed by atoms with Crippen molar-refractivity contribution in [2.45, 2.75) is 57.3 Å². The number of hydrogen-bond donors (Lipinski definition) is 2. The molecule has 4 heterocycles. The number of piperazine rings is 1. The minimum atomic E-state index is -1.29. The summed E-state index contributed by atoms with van der Waals surface area (Å²) in [5.74, 6) is -1.54. The Morgan fingerprint density at radius 3 is 2.70 bits per heavy atom. The molecular formula is C19H21FN4O3. The SMILES string of the molecule is Cc1c(F)c(N2C3CNC(C3)C2C)nc2c1c(=O)c(C(=O)O)cn2C1CC1. The van der Waals surface area contributed by atoms with Crippen molar-refractivity contribution in [3.05, 3.63) is 33.4 Å². The molecule has 3 aliphatic rings. The first kappa shape index (κ1) is 16.7. The van der Waals surface area contributed by atoms with Gasteiger partial charge in [0.1, 0.15) is 11.2 Å². The van der Waals surface area contributed by atoms with Crippen molar-refractivity contribution < 1.29 is 14.3 Å². The minimum absolute atomic E-state index is 0.0817. The Labute approximate surface area is 154 Å². The van der Waals surface area contributed by atoms with Gasteiger partial charge in [-0.2, -0.15) is 0 Å². The molecule has 8 heteroatoms. The average molecular weight is 372 g/mol. The highest BCUT2D eigenvalue weighted by atomic mass is 19.1. The Morgan fingerprint density at radius 2 is 2.11 bits per heavy atom. The van der Waals surface area contributed by atoms with E-state index in [-0.39, 0.29) is 40.5 Å². The smallest absolute Gasteiger partial charge is 0.341 e. The van der Waals surface area contributed by atoms with Crippen LogP contribution in [0, 0.1) is 12.7 Å². The number of nitrogens with one attached hydrogen (secondary N) is 1. The molecule has 142 valence electrons. The summed E-state index contributed by atoms with van der Waals surface area (Å²) in [6.07, 6.45) is 4.13. The fourth-order valence-electron chi connectivity index (χ4n) is 4.68. The van der Waals surface area contributed by atoms with Gasteiger partial charge in [-0.25, -0.2) is 14.2 Å². The molecule has 2 aromatic heterocycles. The summed E-state index contributed by atoms with van der Waals surface area (Å²) in [6, 6.07) is 0.725. The molecule has 0 spiro atoms. The molecule has 5 rings (SSSR count). The number of aromatic carboxylic acids is 1. The predicted molar refractivity (Wildman–Crippen MR) is 98.1 cm³/mol. The summed E-state index contributed by atoms with van der Waals surface area (Å²) in [4.78, 5) is 30.9. The van der Waals surface area contributed by atoms with Crippen LogP contribution in [0.2, 0.25) is 0 Å². The third kappa shape index (κ3) is 2.25. The number of aromatic nitrogens is 2. The van der Waals surface area contributed by atoms with E-state index >= 15 is 4.39 Å². The van der Waals surface area contributed by atoms with E-state index in [2.05, 4.69) is 17.2 Å². The van der Waals surface area contributed by atoms with E-state index < -0.39 is 17.2 Å². The van der Waals surface area contributed by atoms with Crippen LogP contribution < -0.4 is 15.6 Å². The Bertz CT molecular complexity index is 1040. The summed E-state index contributed by atoms with van der Waals surface area (Å²) in [5.41, 5.74) is -0.420. The summed E-state index contributed by atoms with van der Waals surface area (Å²) in [7, 11) is 0. The molecule has 3 fully saturated rings. The number of carboxylic acids is 1. The fraction of sp³-hybridized carbons (Fsp3) is 0.526. The van der Waals surface area contributed by atoms with Gasteiger partial charge in [-0.3, -0.25) is 4.79 Å². The lowest BCUT2D eigenvalue weighted by Gasteiger charge is -2.35. The lowest BCUT2D eigenvalue weighted by Crippen LogP contribution is -2.50. The second-order valence-electron chi connectivity index (χ2n) is 7.94. The largest absolute Gasteiger partial charge is 0.477 e. The van der Waals surface area contributed by atoms with Crippen molar-refractivity contribution in [1.82, 2.24) is 14.9 Å². The number of pyridine rings is 2. The number of carboxylic acid groups (broad SMARTS) is 1. The van der Waals surface area contributed by atoms with Gasteiger partial charge >= 0.3 is 5.97 Å². The van der Waals surface area contributed by atoms with Crippen LogP contribution in [-0.4, -0.2) is 45.3 Å². The number of aryl methyl sites for hydroxylation is 1. The molecule has 0 amide bonds. The second-order valence-corrected chi connectivity index (χ2v) is 7.94. The molecule has 1 saturated carbocycles. The second kappa shape index (κ2) is 5.51. The lowest BCUT2D eigenvalue weighted by atomic mass is 10.1. The van der Waals surface area contributed by atoms with E-state index in [1.54, 1.807) is 11.5 Å². The van der Waals surface area contributed by atoms with E-state index in [0.717, 1.165) is 25.8 Å². The van der Waals surface area contributed by atoms with E-state index in [1.165, 1.54) is 6.20 Å². The Kier molecular flexibility index (Phi) is 3.40. The predicted octanol–water partition coefficient (Wildman–Crippen LogP) is 1.82. The molecule has 2 bridgehead atoms. The van der Waals surface area contributed by atoms with Gasteiger partial charge in [0.15, 0.2) is 11.6 Å². The summed E-state index contributed by atoms with van der Waals surface area (Å²) < 4.78 is 17.1. The molecule has 0 aromatic carbocycles. The molecule has 3 unspecified atom stereocenters. The molecule has 2 aromatic rings. The Balaban J connectivity index is 1.80. The van der Waals surface area contributed by atoms with Crippen LogP contribution in [0.3, 0.4) is 0 Å². The quantitative estimate of drug-likeness (QED) is 0.855. The van der Waals surface area contributed by atoms with Gasteiger partial charge < -0.3 is 19.9 Å². The number of hydrogen-bond acceptors (Lipinski definition) is 5. The van der Waals surface area contributed by atoms with Crippen LogP contribution in [0.5, 0.6) is 0 Å². The van der Waals surface area contributed by atoms with Crippen molar-refractivity contribution in [3.8, 4) is 0 Å². The molecule has 2 N–H and O–H groups in total. The minimum Gasteiger partial charge on any atom is -0.477 e. The van der Waals surface area contributed by atoms with Crippen molar-refractivity contribution in [2.75, 3.05) is 11.4 Å². The number of halogens is 1. The molecule has 2 aliphatic heterocycles. The molecule has 0 radical (unpaired) electrons. The van der Waals surface area contributed by atoms with Gasteiger partial charge in [0.25, 0.3) is 0 Å². The topological polar surface area (TPSA) is 87.5 Å². The summed E-state index contributed by atoms with van der Waals surface area (Å²) in [5, 5.41) is 12.9. The summed E-state index contributed by atoms with van der Waals surface area (Å²) in [6.45, 7) is 4.39. The maximum absolute atomic E-state index is 15.3. The van der Waals surface area contributed by atoms with Crippen molar-refractivity contribution in [3.63, 3.8) is 0 Å². The van der Waals surface area contributed by atoms with Crippen molar-refractivity contribution in [1.29, 1.82) is 0 Å². The number of nitrogens with zero attached hydrogens (tertiary/aromatic N) is 3. The van der Waals surface area contributed by atoms with E-state index in [4.69, 9.17) is 0 Å². The normalized spacial score (nSPS) is 26.9. The van der Waals surface area contributed by atoms with Crippen LogP contribution in [0.1, 0.15) is 48.1 Å². The highest BCUT2D eigenvalue weighted by molar-refractivity contribution is 5.93. The standard InChI is InChI=1S/C19H21FN4O3/c1-8-14-16(25)12(19(26)27)7-23(10-3-4-10)17(14)22-18(15(8)20)24-9(2)13-5-11(24)6-21-13/h7,9-11,13,21H,3-6H2,1-2H3,(H,26,27). The van der Waals surface area contributed by atoms with Gasteiger partial charge in [-0.1, -0.05) is 0 Å². The van der Waals surface area contributed by atoms with Gasteiger partial charge in [0, 0.05) is 42.5 Å². The van der Waals surface area contributed by atoms with Crippen LogP contribution in [-0.2, 0) is 0 Å². The van der Waals surface area contributed by atoms with Crippen LogP contribution >= 0.6 is 0 Å². The van der Waals surface area contributed by atoms with Crippen LogP contribution in [0.25, 0.3) is 11.0 Å². The fourth-order valence-corrected chi connectivity index (χ4v) is 4.68. The maximum Gasteiger partial charge on any atom is 0.341 e. The number of anilines is 1. The van der Waals surface area contributed by atoms with Gasteiger partial charge in [0.2, 0.25) is 5.43 Å². The van der Waals surface area contributed by atoms with E-state index in [1.807, 2.05) is 4.90 Å². The zero-order chi connectivity index (χ0) is 19.0. The number of carbonyl (C=O) groups is 1. The molecule has 27 heavy (non-hydrogen) atoms. The monoisotopic (exact) mass is 372 g/mol. The Hall–Kier alpha value is -2.48. The molecule has 7 nitrogen and oxygen atoms in total. The first-order chi connectivity index (χ1) is 12.9.